The summed E-state index contributed by atoms with van der Waals surface area (Å²) in [5, 5.41) is 17.7. The molecule has 0 radical (unpaired) electrons. The van der Waals surface area contributed by atoms with Crippen LogP contribution < -0.4 is 0 Å². The van der Waals surface area contributed by atoms with Gasteiger partial charge in [0.15, 0.2) is 0 Å². The highest BCUT2D eigenvalue weighted by molar-refractivity contribution is 5.79. The smallest absolute Gasteiger partial charge is 0.320 e. The molecule has 2 unspecified atom stereocenters. The van der Waals surface area contributed by atoms with E-state index in [2.05, 4.69) is 0 Å². The lowest BCUT2D eigenvalue weighted by molar-refractivity contribution is -0.142. The summed E-state index contributed by atoms with van der Waals surface area (Å²) in [5.41, 5.74) is 0. The third kappa shape index (κ3) is 2.39. The maximum atomic E-state index is 12.0. The van der Waals surface area contributed by atoms with Gasteiger partial charge in [0, 0.05) is 26.2 Å². The van der Waals surface area contributed by atoms with E-state index in [1.54, 1.807) is 0 Å². The van der Waals surface area contributed by atoms with Crippen molar-refractivity contribution in [1.29, 1.82) is 0 Å². The molecule has 2 saturated heterocycles. The lowest BCUT2D eigenvalue weighted by Crippen LogP contribution is -2.41. The van der Waals surface area contributed by atoms with E-state index in [0.29, 0.717) is 25.9 Å². The van der Waals surface area contributed by atoms with Gasteiger partial charge in [0.05, 0.1) is 11.8 Å². The van der Waals surface area contributed by atoms with E-state index in [1.165, 1.54) is 9.80 Å². The van der Waals surface area contributed by atoms with E-state index in [-0.39, 0.29) is 19.1 Å². The Morgan fingerprint density at radius 3 is 1.50 bits per heavy atom. The van der Waals surface area contributed by atoms with Crippen LogP contribution in [-0.4, -0.2) is 64.2 Å². The van der Waals surface area contributed by atoms with Crippen molar-refractivity contribution in [3.05, 3.63) is 0 Å². The van der Waals surface area contributed by atoms with Crippen LogP contribution in [0.15, 0.2) is 0 Å². The van der Waals surface area contributed by atoms with Gasteiger partial charge >= 0.3 is 18.0 Å². The summed E-state index contributed by atoms with van der Waals surface area (Å²) in [4.78, 5) is 36.7. The number of hydrogen-bond donors (Lipinski definition) is 2. The van der Waals surface area contributed by atoms with Crippen molar-refractivity contribution in [2.24, 2.45) is 11.8 Å². The van der Waals surface area contributed by atoms with Gasteiger partial charge in [-0.25, -0.2) is 4.79 Å². The fourth-order valence-electron chi connectivity index (χ4n) is 2.47. The Morgan fingerprint density at radius 1 is 0.833 bits per heavy atom. The predicted molar refractivity (Wildman–Crippen MR) is 60.0 cm³/mol. The molecule has 2 atom stereocenters. The molecule has 18 heavy (non-hydrogen) atoms. The van der Waals surface area contributed by atoms with Gasteiger partial charge in [-0.15, -0.1) is 0 Å². The molecule has 2 fully saturated rings. The quantitative estimate of drug-likeness (QED) is 0.720. The van der Waals surface area contributed by atoms with Gasteiger partial charge in [0.25, 0.3) is 0 Å². The zero-order chi connectivity index (χ0) is 13.3. The highest BCUT2D eigenvalue weighted by Gasteiger charge is 2.37. The number of carbonyl (C=O) groups is 3. The number of amides is 2. The van der Waals surface area contributed by atoms with Gasteiger partial charge < -0.3 is 20.0 Å². The first-order valence-electron chi connectivity index (χ1n) is 5.98. The highest BCUT2D eigenvalue weighted by atomic mass is 16.4. The molecular formula is C11H16N2O5. The first kappa shape index (κ1) is 12.7. The maximum Gasteiger partial charge on any atom is 0.320 e. The van der Waals surface area contributed by atoms with Crippen molar-refractivity contribution in [1.82, 2.24) is 9.80 Å². The van der Waals surface area contributed by atoms with Gasteiger partial charge in [-0.3, -0.25) is 9.59 Å². The van der Waals surface area contributed by atoms with Crippen LogP contribution in [0, 0.1) is 11.8 Å². The van der Waals surface area contributed by atoms with E-state index in [9.17, 15) is 14.4 Å². The second-order valence-corrected chi connectivity index (χ2v) is 4.82. The number of urea groups is 1. The van der Waals surface area contributed by atoms with Crippen LogP contribution in [0.4, 0.5) is 4.79 Å². The largest absolute Gasteiger partial charge is 0.481 e. The molecule has 2 aliphatic rings. The summed E-state index contributed by atoms with van der Waals surface area (Å²) < 4.78 is 0. The molecule has 0 aliphatic carbocycles. The third-order valence-corrected chi connectivity index (χ3v) is 3.62. The lowest BCUT2D eigenvalue weighted by atomic mass is 10.1. The Balaban J connectivity index is 1.90. The zero-order valence-electron chi connectivity index (χ0n) is 9.91. The Morgan fingerprint density at radius 2 is 1.22 bits per heavy atom. The monoisotopic (exact) mass is 256 g/mol. The number of nitrogens with zero attached hydrogens (tertiary/aromatic N) is 2. The number of carbonyl (C=O) groups excluding carboxylic acids is 1. The van der Waals surface area contributed by atoms with Gasteiger partial charge in [0.2, 0.25) is 0 Å². The molecule has 7 heteroatoms. The standard InChI is InChI=1S/C11H16N2O5/c14-9(15)7-1-3-12(5-7)11(18)13-4-2-8(6-13)10(16)17/h7-8H,1-6H2,(H,14,15)(H,16,17). The Hall–Kier alpha value is -1.79. The predicted octanol–water partition coefficient (Wildman–Crippen LogP) is -0.0806. The summed E-state index contributed by atoms with van der Waals surface area (Å²) in [6.07, 6.45) is 0.939. The Bertz CT molecular complexity index is 350. The second-order valence-electron chi connectivity index (χ2n) is 4.82. The minimum Gasteiger partial charge on any atom is -0.481 e. The summed E-state index contributed by atoms with van der Waals surface area (Å²) in [6.45, 7) is 1.32. The topological polar surface area (TPSA) is 98.2 Å². The second kappa shape index (κ2) is 4.83. The maximum absolute atomic E-state index is 12.0. The molecule has 0 aromatic rings. The summed E-state index contributed by atoms with van der Waals surface area (Å²) in [5.74, 6) is -2.75. The minimum atomic E-state index is -0.880. The van der Waals surface area contributed by atoms with Crippen molar-refractivity contribution >= 4 is 18.0 Å². The van der Waals surface area contributed by atoms with E-state index >= 15 is 0 Å². The van der Waals surface area contributed by atoms with Crippen LogP contribution in [0.3, 0.4) is 0 Å². The van der Waals surface area contributed by atoms with Crippen molar-refractivity contribution in [3.8, 4) is 0 Å². The summed E-state index contributed by atoms with van der Waals surface area (Å²) in [7, 11) is 0. The van der Waals surface area contributed by atoms with Gasteiger partial charge in [-0.1, -0.05) is 0 Å². The van der Waals surface area contributed by atoms with Crippen LogP contribution >= 0.6 is 0 Å². The minimum absolute atomic E-state index is 0.225. The first-order chi connectivity index (χ1) is 8.49. The molecule has 2 rings (SSSR count). The number of hydrogen-bond acceptors (Lipinski definition) is 3. The molecule has 2 heterocycles. The van der Waals surface area contributed by atoms with Crippen molar-refractivity contribution in [3.63, 3.8) is 0 Å². The van der Waals surface area contributed by atoms with E-state index in [0.717, 1.165) is 0 Å². The van der Waals surface area contributed by atoms with Crippen LogP contribution in [0.5, 0.6) is 0 Å². The molecule has 0 bridgehead atoms. The number of aliphatic carboxylic acids is 2. The Kier molecular flexibility index (Phi) is 3.40. The molecule has 2 aliphatic heterocycles. The molecule has 2 amide bonds. The van der Waals surface area contributed by atoms with Crippen LogP contribution in [0.1, 0.15) is 12.8 Å². The molecule has 0 spiro atoms. The fraction of sp³-hybridized carbons (Fsp3) is 0.727. The van der Waals surface area contributed by atoms with E-state index in [4.69, 9.17) is 10.2 Å². The number of carboxylic acid groups (broad SMARTS) is 2. The molecule has 7 nitrogen and oxygen atoms in total. The average Bonchev–Trinajstić information content (AvgIpc) is 2.97. The van der Waals surface area contributed by atoms with E-state index in [1.807, 2.05) is 0 Å². The SMILES string of the molecule is O=C(O)C1CCN(C(=O)N2CCC(C(=O)O)C2)C1. The first-order valence-corrected chi connectivity index (χ1v) is 5.98. The molecule has 0 saturated carbocycles. The highest BCUT2D eigenvalue weighted by Crippen LogP contribution is 2.22. The van der Waals surface area contributed by atoms with Gasteiger partial charge in [-0.05, 0) is 12.8 Å². The van der Waals surface area contributed by atoms with Crippen molar-refractivity contribution < 1.29 is 24.6 Å². The molecular weight excluding hydrogens is 240 g/mol. The number of likely N-dealkylation sites (tertiary alicyclic amines) is 2. The lowest BCUT2D eigenvalue weighted by Gasteiger charge is -2.23. The van der Waals surface area contributed by atoms with Crippen LogP contribution in [0.25, 0.3) is 0 Å². The van der Waals surface area contributed by atoms with Gasteiger partial charge in [-0.2, -0.15) is 0 Å². The van der Waals surface area contributed by atoms with Crippen molar-refractivity contribution in [2.75, 3.05) is 26.2 Å². The normalized spacial score (nSPS) is 27.6. The van der Waals surface area contributed by atoms with Gasteiger partial charge in [0.1, 0.15) is 0 Å². The molecule has 2 N–H and O–H groups in total. The van der Waals surface area contributed by atoms with E-state index < -0.39 is 23.8 Å². The average molecular weight is 256 g/mol. The summed E-state index contributed by atoms with van der Waals surface area (Å²) >= 11 is 0. The fourth-order valence-corrected chi connectivity index (χ4v) is 2.47. The molecule has 0 aromatic carbocycles. The van der Waals surface area contributed by atoms with Crippen LogP contribution in [0.2, 0.25) is 0 Å². The number of rotatable bonds is 2. The van der Waals surface area contributed by atoms with Crippen LogP contribution in [-0.2, 0) is 9.59 Å². The Labute approximate surface area is 104 Å². The molecule has 100 valence electrons. The summed E-state index contributed by atoms with van der Waals surface area (Å²) in [6, 6.07) is -0.234. The number of carboxylic acids is 2. The van der Waals surface area contributed by atoms with Crippen molar-refractivity contribution in [2.45, 2.75) is 12.8 Å². The zero-order valence-corrected chi connectivity index (χ0v) is 9.91. The third-order valence-electron chi connectivity index (χ3n) is 3.62. The molecule has 0 aromatic heterocycles.